The molecule has 1 aromatic heterocycles. The third-order valence-electron chi connectivity index (χ3n) is 8.64. The van der Waals surface area contributed by atoms with Crippen molar-refractivity contribution in [3.05, 3.63) is 159 Å². The minimum atomic E-state index is -2.34. The summed E-state index contributed by atoms with van der Waals surface area (Å²) in [4.78, 5) is 12.4. The van der Waals surface area contributed by atoms with Crippen molar-refractivity contribution in [3.63, 3.8) is 0 Å². The van der Waals surface area contributed by atoms with Gasteiger partial charge in [-0.3, -0.25) is 4.79 Å². The number of halogens is 5. The molecule has 6 rings (SSSR count). The zero-order valence-electron chi connectivity index (χ0n) is 27.0. The zero-order valence-corrected chi connectivity index (χ0v) is 27.8. The molecule has 0 spiro atoms. The summed E-state index contributed by atoms with van der Waals surface area (Å²) in [6.07, 6.45) is 0.0439. The third-order valence-corrected chi connectivity index (χ3v) is 9.75. The molecule has 1 aliphatic heterocycles. The Morgan fingerprint density at radius 3 is 2.14 bits per heavy atom. The Balaban J connectivity index is 1.18. The van der Waals surface area contributed by atoms with Gasteiger partial charge in [0.25, 0.3) is 10.9 Å². The molecule has 0 radical (unpaired) electrons. The lowest BCUT2D eigenvalue weighted by atomic mass is 9.91. The van der Waals surface area contributed by atoms with Gasteiger partial charge in [-0.2, -0.15) is 4.73 Å². The number of hydrogen-bond donors (Lipinski definition) is 2. The molecule has 4 atom stereocenters. The number of carbonyl (C=O) groups excluding carboxylic acids is 1. The van der Waals surface area contributed by atoms with Gasteiger partial charge in [0, 0.05) is 35.9 Å². The van der Waals surface area contributed by atoms with Crippen LogP contribution in [0.2, 0.25) is 0 Å². The maximum atomic E-state index is 14.1. The van der Waals surface area contributed by atoms with Crippen molar-refractivity contribution in [1.29, 1.82) is 0 Å². The molecule has 4 unspecified atom stereocenters. The average Bonchev–Trinajstić information content (AvgIpc) is 3.16. The van der Waals surface area contributed by atoms with E-state index in [0.717, 1.165) is 32.5 Å². The van der Waals surface area contributed by atoms with Crippen molar-refractivity contribution < 1.29 is 46.1 Å². The second-order valence-corrected chi connectivity index (χ2v) is 13.0. The molecule has 264 valence electrons. The Bertz CT molecular complexity index is 2000. The summed E-state index contributed by atoms with van der Waals surface area (Å²) in [5.41, 5.74) is 2.89. The van der Waals surface area contributed by atoms with Crippen LogP contribution in [0.5, 0.6) is 0 Å². The van der Waals surface area contributed by atoms with E-state index in [1.165, 1.54) is 18.0 Å². The Kier molecular flexibility index (Phi) is 11.0. The van der Waals surface area contributed by atoms with Gasteiger partial charge >= 0.3 is 0 Å². The molecule has 51 heavy (non-hydrogen) atoms. The first-order chi connectivity index (χ1) is 24.5. The molecular formula is C38H31F5N2O5S. The molecular weight excluding hydrogens is 691 g/mol. The fourth-order valence-corrected chi connectivity index (χ4v) is 6.85. The van der Waals surface area contributed by atoms with E-state index in [0.29, 0.717) is 16.3 Å². The first kappa shape index (κ1) is 36.0. The fourth-order valence-electron chi connectivity index (χ4n) is 5.77. The van der Waals surface area contributed by atoms with Crippen LogP contribution >= 0.6 is 11.8 Å². The van der Waals surface area contributed by atoms with Gasteiger partial charge < -0.3 is 25.1 Å². The normalized spacial score (nSPS) is 18.8. The SMILES string of the molecule is CC1C(CSc2cccc[n+]2[O-])OC(c2ccc(-c3cccc(CNC(=O)c4c(F)c(F)c(F)c(F)c4F)c3)cc2)OC1c1ccc(CO)cc1. The summed E-state index contributed by atoms with van der Waals surface area (Å²) in [5.74, 6) is -12.2. The quantitative estimate of drug-likeness (QED) is 0.0384. The lowest BCUT2D eigenvalue weighted by Crippen LogP contribution is -2.39. The van der Waals surface area contributed by atoms with Crippen molar-refractivity contribution in [2.75, 3.05) is 5.75 Å². The first-order valence-corrected chi connectivity index (χ1v) is 16.8. The van der Waals surface area contributed by atoms with E-state index in [2.05, 4.69) is 5.32 Å². The predicted octanol–water partition coefficient (Wildman–Crippen LogP) is 7.69. The van der Waals surface area contributed by atoms with E-state index in [-0.39, 0.29) is 31.3 Å². The maximum absolute atomic E-state index is 14.1. The molecule has 1 aliphatic rings. The van der Waals surface area contributed by atoms with Gasteiger partial charge in [0.1, 0.15) is 5.56 Å². The molecule has 0 aliphatic carbocycles. The van der Waals surface area contributed by atoms with Crippen molar-refractivity contribution in [1.82, 2.24) is 5.32 Å². The molecule has 0 bridgehead atoms. The van der Waals surface area contributed by atoms with Gasteiger partial charge in [0.05, 0.1) is 18.8 Å². The van der Waals surface area contributed by atoms with Crippen LogP contribution in [0.4, 0.5) is 22.0 Å². The second-order valence-electron chi connectivity index (χ2n) is 11.9. The maximum Gasteiger partial charge on any atom is 0.257 e. The number of aliphatic hydroxyl groups excluding tert-OH is 1. The van der Waals surface area contributed by atoms with Crippen LogP contribution in [0.15, 0.2) is 102 Å². The summed E-state index contributed by atoms with van der Waals surface area (Å²) < 4.78 is 82.7. The Labute approximate surface area is 294 Å². The fraction of sp³-hybridized carbons (Fsp3) is 0.211. The van der Waals surface area contributed by atoms with Crippen molar-refractivity contribution in [3.8, 4) is 11.1 Å². The second kappa shape index (κ2) is 15.6. The number of amides is 1. The van der Waals surface area contributed by atoms with Crippen molar-refractivity contribution in [2.24, 2.45) is 5.92 Å². The van der Waals surface area contributed by atoms with E-state index in [4.69, 9.17) is 9.47 Å². The van der Waals surface area contributed by atoms with E-state index in [1.807, 2.05) is 61.5 Å². The standard InChI is InChI=1S/C38H31F5N2O5S/c1-21-28(20-51-29-7-2-3-16-45(29)48)49-38(50-36(21)25-10-8-22(19-46)9-11-25)26-14-12-24(13-15-26)27-6-4-5-23(17-27)18-44-37(47)30-31(39)33(41)35(43)34(42)32(30)40/h2-17,21,28,36,38,46H,18-20H2,1H3,(H,44,47). The summed E-state index contributed by atoms with van der Waals surface area (Å²) >= 11 is 1.39. The van der Waals surface area contributed by atoms with Crippen LogP contribution in [-0.2, 0) is 22.6 Å². The molecule has 13 heteroatoms. The summed E-state index contributed by atoms with van der Waals surface area (Å²) in [7, 11) is 0. The lowest BCUT2D eigenvalue weighted by molar-refractivity contribution is -0.645. The number of benzene rings is 4. The summed E-state index contributed by atoms with van der Waals surface area (Å²) in [6.45, 7) is 1.70. The largest absolute Gasteiger partial charge is 0.618 e. The predicted molar refractivity (Wildman–Crippen MR) is 178 cm³/mol. The van der Waals surface area contributed by atoms with Gasteiger partial charge in [-0.05, 0) is 39.9 Å². The van der Waals surface area contributed by atoms with Gasteiger partial charge in [-0.1, -0.05) is 85.4 Å². The Morgan fingerprint density at radius 1 is 0.804 bits per heavy atom. The third kappa shape index (κ3) is 7.76. The van der Waals surface area contributed by atoms with Crippen LogP contribution in [0.1, 0.15) is 51.9 Å². The van der Waals surface area contributed by atoms with Crippen LogP contribution in [0.25, 0.3) is 11.1 Å². The number of aromatic nitrogens is 1. The smallest absolute Gasteiger partial charge is 0.257 e. The average molecular weight is 723 g/mol. The highest BCUT2D eigenvalue weighted by Crippen LogP contribution is 2.43. The lowest BCUT2D eigenvalue weighted by Gasteiger charge is -2.41. The molecule has 1 saturated heterocycles. The molecule has 0 saturated carbocycles. The van der Waals surface area contributed by atoms with Crippen LogP contribution in [-0.4, -0.2) is 22.9 Å². The van der Waals surface area contributed by atoms with E-state index in [9.17, 15) is 37.1 Å². The number of carbonyl (C=O) groups is 1. The molecule has 7 nitrogen and oxygen atoms in total. The van der Waals surface area contributed by atoms with E-state index in [1.54, 1.807) is 36.4 Å². The number of hydrogen-bond acceptors (Lipinski definition) is 6. The molecule has 2 heterocycles. The number of thioether (sulfide) groups is 1. The monoisotopic (exact) mass is 722 g/mol. The van der Waals surface area contributed by atoms with Crippen LogP contribution < -0.4 is 10.0 Å². The topological polar surface area (TPSA) is 94.7 Å². The molecule has 5 aromatic rings. The summed E-state index contributed by atoms with van der Waals surface area (Å²) in [6, 6.07) is 27.0. The van der Waals surface area contributed by atoms with Crippen molar-refractivity contribution >= 4 is 17.7 Å². The van der Waals surface area contributed by atoms with E-state index < -0.39 is 46.8 Å². The Hall–Kier alpha value is -4.82. The Morgan fingerprint density at radius 2 is 1.47 bits per heavy atom. The van der Waals surface area contributed by atoms with Gasteiger partial charge in [0.2, 0.25) is 5.82 Å². The number of aliphatic hydroxyl groups is 1. The number of ether oxygens (including phenoxy) is 2. The molecule has 2 N–H and O–H groups in total. The first-order valence-electron chi connectivity index (χ1n) is 15.9. The minimum Gasteiger partial charge on any atom is -0.618 e. The van der Waals surface area contributed by atoms with Crippen LogP contribution in [0, 0.1) is 40.2 Å². The molecule has 1 amide bonds. The summed E-state index contributed by atoms with van der Waals surface area (Å²) in [5, 5.41) is 24.6. The highest BCUT2D eigenvalue weighted by atomic mass is 32.2. The number of rotatable bonds is 10. The zero-order chi connectivity index (χ0) is 36.2. The van der Waals surface area contributed by atoms with Gasteiger partial charge in [0.15, 0.2) is 35.8 Å². The molecule has 4 aromatic carbocycles. The number of pyridine rings is 1. The van der Waals surface area contributed by atoms with E-state index >= 15 is 0 Å². The van der Waals surface area contributed by atoms with Gasteiger partial charge in [-0.15, -0.1) is 0 Å². The minimum absolute atomic E-state index is 0.0824. The van der Waals surface area contributed by atoms with Crippen molar-refractivity contribution in [2.45, 2.75) is 43.6 Å². The number of nitrogens with one attached hydrogen (secondary N) is 1. The van der Waals surface area contributed by atoms with Crippen LogP contribution in [0.3, 0.4) is 0 Å². The molecule has 1 fully saturated rings. The van der Waals surface area contributed by atoms with Gasteiger partial charge in [-0.25, -0.2) is 22.0 Å². The highest BCUT2D eigenvalue weighted by molar-refractivity contribution is 7.99. The number of nitrogens with zero attached hydrogens (tertiary/aromatic N) is 1. The highest BCUT2D eigenvalue weighted by Gasteiger charge is 2.39.